The topological polar surface area (TPSA) is 220 Å². The fraction of sp³-hybridized carbons (Fsp3) is 0.391. The fourth-order valence-corrected chi connectivity index (χ4v) is 4.46. The van der Waals surface area contributed by atoms with E-state index in [-0.39, 0.29) is 21.4 Å². The van der Waals surface area contributed by atoms with E-state index in [0.29, 0.717) is 11.3 Å². The molecule has 16 nitrogen and oxygen atoms in total. The van der Waals surface area contributed by atoms with E-state index in [2.05, 4.69) is 10.3 Å². The Morgan fingerprint density at radius 3 is 2.20 bits per heavy atom. The van der Waals surface area contributed by atoms with Crippen LogP contribution in [0.2, 0.25) is 0 Å². The highest BCUT2D eigenvalue weighted by Crippen LogP contribution is 2.38. The highest BCUT2D eigenvalue weighted by Gasteiger charge is 2.61. The van der Waals surface area contributed by atoms with E-state index in [1.807, 2.05) is 0 Å². The van der Waals surface area contributed by atoms with Crippen molar-refractivity contribution in [3.05, 3.63) is 46.1 Å². The number of rotatable bonds is 9. The molecular weight excluding hydrogens is 558 g/mol. The minimum atomic E-state index is -2.23. The third kappa shape index (κ3) is 6.86. The Hall–Kier alpha value is -4.64. The number of benzene rings is 1. The summed E-state index contributed by atoms with van der Waals surface area (Å²) in [5, 5.41) is 22.8. The van der Waals surface area contributed by atoms with Crippen LogP contribution in [0.1, 0.15) is 38.1 Å². The number of esters is 3. The molecule has 1 aliphatic heterocycles. The number of nitro groups is 1. The number of para-hydroxylation sites is 1. The second-order valence-corrected chi connectivity index (χ2v) is 9.39. The molecular formula is C23H23N3O13S. The molecule has 1 fully saturated rings. The zero-order valence-electron chi connectivity index (χ0n) is 21.3. The molecule has 1 amide bonds. The quantitative estimate of drug-likeness (QED) is 0.186. The Balaban J connectivity index is 2.04. The lowest BCUT2D eigenvalue weighted by molar-refractivity contribution is -0.380. The lowest BCUT2D eigenvalue weighted by Crippen LogP contribution is -2.69. The van der Waals surface area contributed by atoms with Gasteiger partial charge in [0.2, 0.25) is 11.9 Å². The van der Waals surface area contributed by atoms with Crippen LogP contribution in [-0.2, 0) is 38.1 Å². The van der Waals surface area contributed by atoms with E-state index in [4.69, 9.17) is 23.7 Å². The highest BCUT2D eigenvalue weighted by molar-refractivity contribution is 7.18. The van der Waals surface area contributed by atoms with Crippen LogP contribution in [0.25, 0.3) is 0 Å². The molecule has 214 valence electrons. The first-order valence-corrected chi connectivity index (χ1v) is 12.2. The van der Waals surface area contributed by atoms with Gasteiger partial charge in [0, 0.05) is 27.7 Å². The maximum atomic E-state index is 13.0. The van der Waals surface area contributed by atoms with E-state index in [9.17, 15) is 39.2 Å². The van der Waals surface area contributed by atoms with Gasteiger partial charge in [0.1, 0.15) is 11.9 Å². The summed E-state index contributed by atoms with van der Waals surface area (Å²) in [5.74, 6) is -7.66. The molecule has 0 radical (unpaired) electrons. The number of amides is 1. The summed E-state index contributed by atoms with van der Waals surface area (Å²) in [5.41, 5.74) is -0.148. The monoisotopic (exact) mass is 581 g/mol. The van der Waals surface area contributed by atoms with E-state index in [1.54, 1.807) is 0 Å². The fourth-order valence-electron chi connectivity index (χ4n) is 3.83. The molecule has 0 unspecified atom stereocenters. The first kappa shape index (κ1) is 29.9. The van der Waals surface area contributed by atoms with Crippen molar-refractivity contribution in [2.45, 2.75) is 57.9 Å². The zero-order valence-corrected chi connectivity index (χ0v) is 22.2. The van der Waals surface area contributed by atoms with Crippen LogP contribution < -0.4 is 10.1 Å². The van der Waals surface area contributed by atoms with Crippen molar-refractivity contribution in [1.82, 2.24) is 4.98 Å². The predicted molar refractivity (Wildman–Crippen MR) is 131 cm³/mol. The average Bonchev–Trinajstić information content (AvgIpc) is 3.31. The second kappa shape index (κ2) is 12.0. The summed E-state index contributed by atoms with van der Waals surface area (Å²) in [6.07, 6.45) is -6.17. The number of hydrogen-bond donors (Lipinski definition) is 2. The van der Waals surface area contributed by atoms with E-state index in [1.165, 1.54) is 31.2 Å². The van der Waals surface area contributed by atoms with Crippen molar-refractivity contribution < 1.29 is 57.7 Å². The van der Waals surface area contributed by atoms with E-state index in [0.717, 1.165) is 27.0 Å². The molecule has 1 aliphatic rings. The van der Waals surface area contributed by atoms with E-state index < -0.39 is 64.9 Å². The van der Waals surface area contributed by atoms with Gasteiger partial charge < -0.3 is 28.8 Å². The summed E-state index contributed by atoms with van der Waals surface area (Å²) in [7, 11) is 0. The van der Waals surface area contributed by atoms with Gasteiger partial charge in [0.05, 0.1) is 10.5 Å². The number of thiazole rings is 1. The van der Waals surface area contributed by atoms with Crippen molar-refractivity contribution >= 4 is 51.3 Å². The molecule has 2 N–H and O–H groups in total. The number of nitrogens with one attached hydrogen (secondary N) is 1. The number of nitrogens with zero attached hydrogens (tertiary/aromatic N) is 2. The van der Waals surface area contributed by atoms with Crippen molar-refractivity contribution in [1.29, 1.82) is 0 Å². The second-order valence-electron chi connectivity index (χ2n) is 8.38. The number of carbonyl (C=O) groups excluding carboxylic acids is 4. The average molecular weight is 582 g/mol. The molecule has 2 heterocycles. The molecule has 5 atom stereocenters. The molecule has 0 spiro atoms. The Labute approximate surface area is 229 Å². The van der Waals surface area contributed by atoms with Gasteiger partial charge in [-0.15, -0.1) is 0 Å². The smallest absolute Gasteiger partial charge is 0.345 e. The number of anilines is 1. The summed E-state index contributed by atoms with van der Waals surface area (Å²) >= 11 is 0.606. The molecule has 17 heteroatoms. The lowest BCUT2D eigenvalue weighted by atomic mass is 9.92. The van der Waals surface area contributed by atoms with Crippen LogP contribution in [0, 0.1) is 10.1 Å². The molecule has 0 saturated carbocycles. The minimum Gasteiger partial charge on any atom is -0.479 e. The standard InChI is InChI=1S/C23H23N3O13S/c1-10(27)35-16-17(36-11(2)28)19(37-12(3)29)23(4,39-18(16)21(31)32)38-14-8-6-5-7-13(14)20(30)25-22-24-9-15(40-22)26(33)34/h5-9,16-19H,1-4H3,(H,31,32)(H,24,25,30)/t16-,17-,18-,19+,23-/m0/s1. The zero-order chi connectivity index (χ0) is 29.8. The number of ether oxygens (including phenoxy) is 5. The van der Waals surface area contributed by atoms with Gasteiger partial charge in [-0.3, -0.25) is 34.6 Å². The normalized spacial score (nSPS) is 23.8. The molecule has 1 aromatic carbocycles. The van der Waals surface area contributed by atoms with Crippen molar-refractivity contribution in [2.75, 3.05) is 5.32 Å². The minimum absolute atomic E-state index is 0.0884. The summed E-state index contributed by atoms with van der Waals surface area (Å²) < 4.78 is 27.3. The van der Waals surface area contributed by atoms with Gasteiger partial charge in [-0.25, -0.2) is 9.78 Å². The molecule has 1 saturated heterocycles. The van der Waals surface area contributed by atoms with Crippen LogP contribution in [-0.4, -0.2) is 75.0 Å². The number of carbonyl (C=O) groups is 5. The Morgan fingerprint density at radius 2 is 1.65 bits per heavy atom. The van der Waals surface area contributed by atoms with Crippen LogP contribution in [0.5, 0.6) is 5.75 Å². The molecule has 2 aromatic rings. The third-order valence-electron chi connectivity index (χ3n) is 5.28. The number of hydrogen-bond acceptors (Lipinski definition) is 14. The largest absolute Gasteiger partial charge is 0.479 e. The first-order valence-electron chi connectivity index (χ1n) is 11.3. The summed E-state index contributed by atoms with van der Waals surface area (Å²) in [6, 6.07) is 5.57. The molecule has 0 bridgehead atoms. The number of aliphatic carboxylic acids is 1. The van der Waals surface area contributed by atoms with Crippen LogP contribution >= 0.6 is 11.3 Å². The third-order valence-corrected chi connectivity index (χ3v) is 6.14. The van der Waals surface area contributed by atoms with Gasteiger partial charge in [0.15, 0.2) is 23.4 Å². The lowest BCUT2D eigenvalue weighted by Gasteiger charge is -2.48. The Kier molecular flexibility index (Phi) is 9.00. The van der Waals surface area contributed by atoms with Crippen molar-refractivity contribution in [2.24, 2.45) is 0 Å². The summed E-state index contributed by atoms with van der Waals surface area (Å²) in [4.78, 5) is 74.9. The molecule has 1 aromatic heterocycles. The predicted octanol–water partition coefficient (Wildman–Crippen LogP) is 1.68. The van der Waals surface area contributed by atoms with Crippen LogP contribution in [0.15, 0.2) is 30.5 Å². The summed E-state index contributed by atoms with van der Waals surface area (Å²) in [6.45, 7) is 4.18. The Morgan fingerprint density at radius 1 is 1.05 bits per heavy atom. The molecule has 40 heavy (non-hydrogen) atoms. The van der Waals surface area contributed by atoms with Gasteiger partial charge in [-0.1, -0.05) is 12.1 Å². The van der Waals surface area contributed by atoms with Crippen LogP contribution in [0.4, 0.5) is 10.1 Å². The maximum absolute atomic E-state index is 13.0. The van der Waals surface area contributed by atoms with Gasteiger partial charge in [-0.2, -0.15) is 0 Å². The van der Waals surface area contributed by atoms with E-state index >= 15 is 0 Å². The Bertz CT molecular complexity index is 1340. The first-order chi connectivity index (χ1) is 18.7. The van der Waals surface area contributed by atoms with Gasteiger partial charge in [0.25, 0.3) is 5.91 Å². The van der Waals surface area contributed by atoms with Crippen molar-refractivity contribution in [3.63, 3.8) is 0 Å². The maximum Gasteiger partial charge on any atom is 0.345 e. The van der Waals surface area contributed by atoms with Crippen LogP contribution in [0.3, 0.4) is 0 Å². The molecule has 0 aliphatic carbocycles. The number of carboxylic acid groups (broad SMARTS) is 1. The number of carboxylic acids is 1. The van der Waals surface area contributed by atoms with Gasteiger partial charge >= 0.3 is 28.9 Å². The number of aromatic nitrogens is 1. The highest BCUT2D eigenvalue weighted by atomic mass is 32.1. The molecule has 3 rings (SSSR count). The van der Waals surface area contributed by atoms with Crippen molar-refractivity contribution in [3.8, 4) is 5.75 Å². The SMILES string of the molecule is CC(=O)O[C@H]1[C@H](OC(C)=O)[C@@H](OC(C)=O)[C@@](C)(Oc2ccccc2C(=O)Nc2ncc([N+](=O)[O-])s2)O[C@@H]1C(=O)O. The van der Waals surface area contributed by atoms with Gasteiger partial charge in [-0.05, 0) is 23.5 Å².